The monoisotopic (exact) mass is 297 g/mol. The lowest BCUT2D eigenvalue weighted by molar-refractivity contribution is -0.385. The second kappa shape index (κ2) is 5.65. The maximum Gasteiger partial charge on any atom is 0.341 e. The first kappa shape index (κ1) is 14.6. The first-order valence-corrected chi connectivity index (χ1v) is 5.79. The fourth-order valence-corrected chi connectivity index (χ4v) is 1.64. The smallest absolute Gasteiger partial charge is 0.341 e. The third-order valence-corrected chi connectivity index (χ3v) is 2.54. The number of hydrogen-bond acceptors (Lipinski definition) is 5. The van der Waals surface area contributed by atoms with Gasteiger partial charge in [-0.2, -0.15) is 5.10 Å². The van der Waals surface area contributed by atoms with Gasteiger partial charge in [-0.15, -0.1) is 0 Å². The summed E-state index contributed by atoms with van der Waals surface area (Å²) < 4.78 is 33.1. The standard InChI is InChI=1S/C12H9F2N3O4/c1-2-21-12(18)7-5-15-16(6-7)11-9(13)3-8(17(19)20)4-10(11)14/h3-6H,2H2,1H3. The molecule has 0 amide bonds. The number of hydrogen-bond donors (Lipinski definition) is 0. The van der Waals surface area contributed by atoms with E-state index in [1.165, 1.54) is 0 Å². The van der Waals surface area contributed by atoms with Crippen LogP contribution < -0.4 is 0 Å². The maximum atomic E-state index is 13.8. The van der Waals surface area contributed by atoms with Gasteiger partial charge < -0.3 is 4.74 Å². The quantitative estimate of drug-likeness (QED) is 0.490. The molecule has 1 aromatic heterocycles. The molecule has 0 N–H and O–H groups in total. The minimum atomic E-state index is -1.17. The highest BCUT2D eigenvalue weighted by atomic mass is 19.1. The Labute approximate surface area is 116 Å². The van der Waals surface area contributed by atoms with E-state index in [1.807, 2.05) is 0 Å². The number of nitro benzene ring substituents is 1. The molecule has 9 heteroatoms. The molecule has 0 radical (unpaired) electrons. The predicted octanol–water partition coefficient (Wildman–Crippen LogP) is 2.24. The lowest BCUT2D eigenvalue weighted by atomic mass is 10.2. The zero-order valence-corrected chi connectivity index (χ0v) is 10.7. The van der Waals surface area contributed by atoms with Crippen molar-refractivity contribution in [3.05, 3.63) is 51.8 Å². The molecular weight excluding hydrogens is 288 g/mol. The number of ether oxygens (including phenoxy) is 1. The number of rotatable bonds is 4. The fraction of sp³-hybridized carbons (Fsp3) is 0.167. The van der Waals surface area contributed by atoms with Crippen molar-refractivity contribution < 1.29 is 23.2 Å². The molecule has 2 rings (SSSR count). The molecule has 0 saturated heterocycles. The Bertz CT molecular complexity index is 691. The molecule has 0 aliphatic carbocycles. The molecule has 2 aromatic rings. The Kier molecular flexibility index (Phi) is 3.92. The number of non-ortho nitro benzene ring substituents is 1. The summed E-state index contributed by atoms with van der Waals surface area (Å²) in [6, 6.07) is 1.15. The lowest BCUT2D eigenvalue weighted by Crippen LogP contribution is -2.05. The van der Waals surface area contributed by atoms with Crippen molar-refractivity contribution in [1.29, 1.82) is 0 Å². The van der Waals surface area contributed by atoms with Gasteiger partial charge >= 0.3 is 5.97 Å². The first-order valence-electron chi connectivity index (χ1n) is 5.79. The Morgan fingerprint density at radius 3 is 2.57 bits per heavy atom. The van der Waals surface area contributed by atoms with Crippen molar-refractivity contribution in [3.63, 3.8) is 0 Å². The molecular formula is C12H9F2N3O4. The molecule has 0 aliphatic heterocycles. The summed E-state index contributed by atoms with van der Waals surface area (Å²) in [5, 5.41) is 14.2. The highest BCUT2D eigenvalue weighted by Crippen LogP contribution is 2.23. The second-order valence-electron chi connectivity index (χ2n) is 3.91. The molecule has 0 fully saturated rings. The third kappa shape index (κ3) is 2.86. The van der Waals surface area contributed by atoms with Crippen LogP contribution in [0.25, 0.3) is 5.69 Å². The van der Waals surface area contributed by atoms with Gasteiger partial charge in [0.15, 0.2) is 11.6 Å². The highest BCUT2D eigenvalue weighted by molar-refractivity contribution is 5.88. The molecule has 1 heterocycles. The predicted molar refractivity (Wildman–Crippen MR) is 66.1 cm³/mol. The van der Waals surface area contributed by atoms with E-state index < -0.39 is 33.9 Å². The number of benzene rings is 1. The molecule has 110 valence electrons. The molecule has 21 heavy (non-hydrogen) atoms. The van der Waals surface area contributed by atoms with E-state index >= 15 is 0 Å². The molecule has 0 atom stereocenters. The average Bonchev–Trinajstić information content (AvgIpc) is 2.87. The van der Waals surface area contributed by atoms with Crippen LogP contribution >= 0.6 is 0 Å². The van der Waals surface area contributed by atoms with E-state index in [1.54, 1.807) is 6.92 Å². The second-order valence-corrected chi connectivity index (χ2v) is 3.91. The van der Waals surface area contributed by atoms with Crippen LogP contribution in [0.1, 0.15) is 17.3 Å². The number of esters is 1. The number of carbonyl (C=O) groups excluding carboxylic acids is 1. The van der Waals surface area contributed by atoms with Crippen molar-refractivity contribution >= 4 is 11.7 Å². The van der Waals surface area contributed by atoms with Gasteiger partial charge in [0.05, 0.1) is 35.4 Å². The van der Waals surface area contributed by atoms with Crippen LogP contribution in [-0.2, 0) is 4.74 Å². The third-order valence-electron chi connectivity index (χ3n) is 2.54. The number of nitrogens with zero attached hydrogens (tertiary/aromatic N) is 3. The van der Waals surface area contributed by atoms with Gasteiger partial charge in [0, 0.05) is 6.20 Å². The first-order chi connectivity index (χ1) is 9.93. The molecule has 0 bridgehead atoms. The normalized spacial score (nSPS) is 10.4. The summed E-state index contributed by atoms with van der Waals surface area (Å²) in [5.74, 6) is -3.02. The summed E-state index contributed by atoms with van der Waals surface area (Å²) >= 11 is 0. The Morgan fingerprint density at radius 2 is 2.05 bits per heavy atom. The van der Waals surface area contributed by atoms with Crippen molar-refractivity contribution in [2.24, 2.45) is 0 Å². The molecule has 1 aromatic carbocycles. The van der Waals surface area contributed by atoms with Crippen molar-refractivity contribution in [1.82, 2.24) is 9.78 Å². The Balaban J connectivity index is 2.43. The van der Waals surface area contributed by atoms with Crippen LogP contribution in [0.5, 0.6) is 0 Å². The van der Waals surface area contributed by atoms with Crippen LogP contribution in [0.4, 0.5) is 14.5 Å². The Morgan fingerprint density at radius 1 is 1.43 bits per heavy atom. The molecule has 0 unspecified atom stereocenters. The lowest BCUT2D eigenvalue weighted by Gasteiger charge is -2.04. The SMILES string of the molecule is CCOC(=O)c1cnn(-c2c(F)cc([N+](=O)[O-])cc2F)c1. The minimum Gasteiger partial charge on any atom is -0.462 e. The number of carbonyl (C=O) groups is 1. The molecule has 7 nitrogen and oxygen atoms in total. The number of halogens is 2. The van der Waals surface area contributed by atoms with Gasteiger partial charge in [0.2, 0.25) is 0 Å². The number of aromatic nitrogens is 2. The van der Waals surface area contributed by atoms with E-state index in [4.69, 9.17) is 4.74 Å². The van der Waals surface area contributed by atoms with Crippen molar-refractivity contribution in [3.8, 4) is 5.69 Å². The number of nitro groups is 1. The summed E-state index contributed by atoms with van der Waals surface area (Å²) in [6.07, 6.45) is 2.16. The van der Waals surface area contributed by atoms with Crippen LogP contribution in [0.15, 0.2) is 24.5 Å². The van der Waals surface area contributed by atoms with Gasteiger partial charge in [-0.05, 0) is 6.92 Å². The molecule has 0 aliphatic rings. The molecule has 0 saturated carbocycles. The summed E-state index contributed by atoms with van der Waals surface area (Å²) in [7, 11) is 0. The zero-order chi connectivity index (χ0) is 15.6. The summed E-state index contributed by atoms with van der Waals surface area (Å²) in [6.45, 7) is 1.75. The van der Waals surface area contributed by atoms with Crippen LogP contribution in [0, 0.1) is 21.7 Å². The fourth-order valence-electron chi connectivity index (χ4n) is 1.64. The van der Waals surface area contributed by atoms with Gasteiger partial charge in [-0.3, -0.25) is 10.1 Å². The van der Waals surface area contributed by atoms with Crippen LogP contribution in [-0.4, -0.2) is 27.3 Å². The van der Waals surface area contributed by atoms with Crippen molar-refractivity contribution in [2.45, 2.75) is 6.92 Å². The summed E-state index contributed by atoms with van der Waals surface area (Å²) in [4.78, 5) is 21.0. The van der Waals surface area contributed by atoms with E-state index in [-0.39, 0.29) is 12.2 Å². The van der Waals surface area contributed by atoms with Crippen LogP contribution in [0.2, 0.25) is 0 Å². The topological polar surface area (TPSA) is 87.3 Å². The zero-order valence-electron chi connectivity index (χ0n) is 10.7. The maximum absolute atomic E-state index is 13.8. The van der Waals surface area contributed by atoms with Crippen molar-refractivity contribution in [2.75, 3.05) is 6.61 Å². The Hall–Kier alpha value is -2.84. The molecule has 0 spiro atoms. The van der Waals surface area contributed by atoms with Gasteiger partial charge in [-0.1, -0.05) is 0 Å². The minimum absolute atomic E-state index is 0.00834. The average molecular weight is 297 g/mol. The van der Waals surface area contributed by atoms with Gasteiger partial charge in [0.1, 0.15) is 5.69 Å². The van der Waals surface area contributed by atoms with Crippen LogP contribution in [0.3, 0.4) is 0 Å². The van der Waals surface area contributed by atoms with E-state index in [0.29, 0.717) is 12.1 Å². The van der Waals surface area contributed by atoms with Gasteiger partial charge in [-0.25, -0.2) is 18.3 Å². The van der Waals surface area contributed by atoms with E-state index in [9.17, 15) is 23.7 Å². The summed E-state index contributed by atoms with van der Waals surface area (Å²) in [5.41, 5.74) is -1.32. The van der Waals surface area contributed by atoms with Gasteiger partial charge in [0.25, 0.3) is 5.69 Å². The van der Waals surface area contributed by atoms with E-state index in [0.717, 1.165) is 17.1 Å². The van der Waals surface area contributed by atoms with E-state index in [2.05, 4.69) is 5.10 Å². The largest absolute Gasteiger partial charge is 0.462 e. The highest BCUT2D eigenvalue weighted by Gasteiger charge is 2.20.